The molecule has 8 nitrogen and oxygen atoms in total. The smallest absolute Gasteiger partial charge is 0.478 e. The monoisotopic (exact) mass is 557 g/mol. The molecule has 1 heterocycles. The van der Waals surface area contributed by atoms with Crippen molar-refractivity contribution in [2.45, 2.75) is 26.9 Å². The van der Waals surface area contributed by atoms with Gasteiger partial charge in [0.25, 0.3) is 5.91 Å². The highest BCUT2D eigenvalue weighted by atomic mass is 19.4. The van der Waals surface area contributed by atoms with Gasteiger partial charge in [-0.2, -0.15) is 13.2 Å². The van der Waals surface area contributed by atoms with Crippen LogP contribution in [-0.2, 0) is 4.79 Å². The van der Waals surface area contributed by atoms with Crippen molar-refractivity contribution in [3.63, 3.8) is 0 Å². The lowest BCUT2D eigenvalue weighted by molar-refractivity contribution is -0.192. The zero-order chi connectivity index (χ0) is 29.6. The number of rotatable bonds is 5. The summed E-state index contributed by atoms with van der Waals surface area (Å²) in [6.07, 6.45) is -5.08. The van der Waals surface area contributed by atoms with E-state index in [2.05, 4.69) is 47.2 Å². The second kappa shape index (κ2) is 12.5. The highest BCUT2D eigenvalue weighted by Crippen LogP contribution is 2.28. The van der Waals surface area contributed by atoms with Gasteiger partial charge in [0, 0.05) is 43.1 Å². The lowest BCUT2D eigenvalue weighted by Gasteiger charge is -2.38. The van der Waals surface area contributed by atoms with Crippen LogP contribution in [0.2, 0.25) is 0 Å². The molecule has 11 heteroatoms. The zero-order valence-electron chi connectivity index (χ0n) is 22.2. The number of nitrogens with one attached hydrogen (secondary N) is 1. The fourth-order valence-corrected chi connectivity index (χ4v) is 4.22. The van der Waals surface area contributed by atoms with Crippen LogP contribution >= 0.6 is 0 Å². The van der Waals surface area contributed by atoms with E-state index in [4.69, 9.17) is 9.90 Å². The molecule has 0 aliphatic carbocycles. The summed E-state index contributed by atoms with van der Waals surface area (Å²) in [5, 5.41) is 19.8. The molecule has 0 atom stereocenters. The van der Waals surface area contributed by atoms with Crippen molar-refractivity contribution in [1.82, 2.24) is 0 Å². The molecule has 1 saturated heterocycles. The number of carbonyl (C=O) groups excluding carboxylic acids is 1. The zero-order valence-corrected chi connectivity index (χ0v) is 22.2. The standard InChI is InChI=1S/C27H29N3O3.C2HF3O2/c1-18-5-8-21(9-6-18)26(31)28-22-10-11-24(23(17-22)27(32)33)29-12-14-30(15-13-29)25-16-19(2)4-7-20(25)3;3-2(4,5)1(6)7/h4-11,16-17H,12-15H2,1-3H3,(H,28,31)(H,32,33);(H,6,7). The number of carbonyl (C=O) groups is 3. The van der Waals surface area contributed by atoms with Crippen molar-refractivity contribution in [3.8, 4) is 0 Å². The van der Waals surface area contributed by atoms with E-state index < -0.39 is 18.1 Å². The first-order chi connectivity index (χ1) is 18.8. The van der Waals surface area contributed by atoms with E-state index in [0.29, 0.717) is 16.9 Å². The lowest BCUT2D eigenvalue weighted by atomic mass is 10.1. The van der Waals surface area contributed by atoms with Crippen LogP contribution < -0.4 is 15.1 Å². The number of carboxylic acids is 2. The maximum Gasteiger partial charge on any atom is 0.490 e. The molecule has 3 aromatic rings. The number of nitrogens with zero attached hydrogens (tertiary/aromatic N) is 2. The second-order valence-corrected chi connectivity index (χ2v) is 9.42. The van der Waals surface area contributed by atoms with Crippen molar-refractivity contribution in [1.29, 1.82) is 0 Å². The number of aromatic carboxylic acids is 1. The minimum absolute atomic E-state index is 0.192. The van der Waals surface area contributed by atoms with Gasteiger partial charge in [-0.15, -0.1) is 0 Å². The normalized spacial score (nSPS) is 13.2. The second-order valence-electron chi connectivity index (χ2n) is 9.42. The molecular weight excluding hydrogens is 527 g/mol. The Morgan fingerprint density at radius 1 is 0.750 bits per heavy atom. The fourth-order valence-electron chi connectivity index (χ4n) is 4.22. The van der Waals surface area contributed by atoms with Crippen molar-refractivity contribution in [3.05, 3.63) is 88.5 Å². The molecule has 0 saturated carbocycles. The summed E-state index contributed by atoms with van der Waals surface area (Å²) in [6, 6.07) is 18.8. The largest absolute Gasteiger partial charge is 0.490 e. The van der Waals surface area contributed by atoms with Gasteiger partial charge in [0.1, 0.15) is 0 Å². The summed E-state index contributed by atoms with van der Waals surface area (Å²) in [5.41, 5.74) is 6.65. The summed E-state index contributed by atoms with van der Waals surface area (Å²) >= 11 is 0. The van der Waals surface area contributed by atoms with Crippen LogP contribution in [0.25, 0.3) is 0 Å². The number of carboxylic acid groups (broad SMARTS) is 2. The minimum Gasteiger partial charge on any atom is -0.478 e. The Kier molecular flexibility index (Phi) is 9.41. The number of piperazine rings is 1. The fraction of sp³-hybridized carbons (Fsp3) is 0.276. The first-order valence-electron chi connectivity index (χ1n) is 12.4. The SMILES string of the molecule is Cc1ccc(C(=O)Nc2ccc(N3CCN(c4cc(C)ccc4C)CC3)c(C(=O)O)c2)cc1.O=C(O)C(F)(F)F. The number of anilines is 3. The first kappa shape index (κ1) is 30.0. The Morgan fingerprint density at radius 2 is 1.27 bits per heavy atom. The van der Waals surface area contributed by atoms with Crippen molar-refractivity contribution < 1.29 is 37.8 Å². The van der Waals surface area contributed by atoms with Crippen LogP contribution in [0.5, 0.6) is 0 Å². The van der Waals surface area contributed by atoms with Crippen LogP contribution in [-0.4, -0.2) is 60.4 Å². The first-order valence-corrected chi connectivity index (χ1v) is 12.4. The van der Waals surface area contributed by atoms with Gasteiger partial charge in [-0.3, -0.25) is 4.79 Å². The third-order valence-electron chi connectivity index (χ3n) is 6.37. The number of hydrogen-bond donors (Lipinski definition) is 3. The van der Waals surface area contributed by atoms with Gasteiger partial charge in [0.2, 0.25) is 0 Å². The molecule has 3 N–H and O–H groups in total. The Morgan fingerprint density at radius 3 is 1.80 bits per heavy atom. The van der Waals surface area contributed by atoms with Crippen LogP contribution in [0.4, 0.5) is 30.2 Å². The van der Waals surface area contributed by atoms with Crippen molar-refractivity contribution >= 4 is 34.9 Å². The summed E-state index contributed by atoms with van der Waals surface area (Å²) < 4.78 is 31.7. The van der Waals surface area contributed by atoms with E-state index >= 15 is 0 Å². The van der Waals surface area contributed by atoms with Gasteiger partial charge >= 0.3 is 18.1 Å². The number of aryl methyl sites for hydroxylation is 3. The third-order valence-corrected chi connectivity index (χ3v) is 6.37. The summed E-state index contributed by atoms with van der Waals surface area (Å²) in [5.74, 6) is -4.03. The van der Waals surface area contributed by atoms with Gasteiger partial charge in [-0.05, 0) is 68.3 Å². The maximum absolute atomic E-state index is 12.5. The highest BCUT2D eigenvalue weighted by Gasteiger charge is 2.38. The molecule has 0 radical (unpaired) electrons. The van der Waals surface area contributed by atoms with E-state index in [1.165, 1.54) is 16.8 Å². The molecule has 0 bridgehead atoms. The Hall–Kier alpha value is -4.54. The molecule has 1 aliphatic rings. The van der Waals surface area contributed by atoms with Crippen LogP contribution in [0.3, 0.4) is 0 Å². The quantitative estimate of drug-likeness (QED) is 0.379. The van der Waals surface area contributed by atoms with E-state index in [1.807, 2.05) is 19.1 Å². The van der Waals surface area contributed by atoms with E-state index in [-0.39, 0.29) is 11.5 Å². The molecule has 212 valence electrons. The van der Waals surface area contributed by atoms with Gasteiger partial charge in [0.05, 0.1) is 11.3 Å². The predicted molar refractivity (Wildman–Crippen MR) is 147 cm³/mol. The highest BCUT2D eigenvalue weighted by molar-refractivity contribution is 6.05. The third kappa shape index (κ3) is 7.75. The molecule has 0 aromatic heterocycles. The number of halogens is 3. The van der Waals surface area contributed by atoms with Crippen LogP contribution in [0.15, 0.2) is 60.7 Å². The van der Waals surface area contributed by atoms with Gasteiger partial charge in [-0.1, -0.05) is 29.8 Å². The topological polar surface area (TPSA) is 110 Å². The molecule has 1 aliphatic heterocycles. The molecule has 1 amide bonds. The molecule has 4 rings (SSSR count). The minimum atomic E-state index is -5.08. The van der Waals surface area contributed by atoms with Gasteiger partial charge in [-0.25, -0.2) is 9.59 Å². The number of hydrogen-bond acceptors (Lipinski definition) is 5. The predicted octanol–water partition coefficient (Wildman–Crippen LogP) is 5.52. The molecular formula is C29H30F3N3O5. The Bertz CT molecular complexity index is 1380. The van der Waals surface area contributed by atoms with Crippen LogP contribution in [0.1, 0.15) is 37.4 Å². The number of amides is 1. The van der Waals surface area contributed by atoms with E-state index in [9.17, 15) is 27.9 Å². The van der Waals surface area contributed by atoms with Gasteiger partial charge in [0.15, 0.2) is 0 Å². The van der Waals surface area contributed by atoms with Crippen molar-refractivity contribution in [2.24, 2.45) is 0 Å². The van der Waals surface area contributed by atoms with Crippen molar-refractivity contribution in [2.75, 3.05) is 41.3 Å². The summed E-state index contributed by atoms with van der Waals surface area (Å²) in [6.45, 7) is 9.25. The number of alkyl halides is 3. The average molecular weight is 558 g/mol. The summed E-state index contributed by atoms with van der Waals surface area (Å²) in [4.78, 5) is 37.9. The maximum atomic E-state index is 12.5. The van der Waals surface area contributed by atoms with E-state index in [1.54, 1.807) is 30.3 Å². The average Bonchev–Trinajstić information content (AvgIpc) is 2.90. The molecule has 40 heavy (non-hydrogen) atoms. The molecule has 3 aromatic carbocycles. The lowest BCUT2D eigenvalue weighted by Crippen LogP contribution is -2.47. The van der Waals surface area contributed by atoms with Gasteiger partial charge < -0.3 is 25.3 Å². The molecule has 1 fully saturated rings. The summed E-state index contributed by atoms with van der Waals surface area (Å²) in [7, 11) is 0. The number of benzene rings is 3. The Balaban J connectivity index is 0.000000559. The molecule has 0 spiro atoms. The number of aliphatic carboxylic acids is 1. The van der Waals surface area contributed by atoms with Crippen LogP contribution in [0, 0.1) is 20.8 Å². The Labute approximate surface area is 229 Å². The molecule has 0 unspecified atom stereocenters. The van der Waals surface area contributed by atoms with E-state index in [0.717, 1.165) is 31.7 Å².